The first-order chi connectivity index (χ1) is 27.5. The van der Waals surface area contributed by atoms with E-state index in [4.69, 9.17) is 18.5 Å². The number of aliphatic hydroxyl groups is 5. The average Bonchev–Trinajstić information content (AvgIpc) is 3.19. The van der Waals surface area contributed by atoms with Crippen molar-refractivity contribution in [3.63, 3.8) is 0 Å². The number of aliphatic hydroxyl groups excluding tert-OH is 5. The number of allylic oxidation sites excluding steroid dienone is 4. The number of rotatable bonds is 38. The number of hydrogen-bond donors (Lipinski definition) is 6. The van der Waals surface area contributed by atoms with Gasteiger partial charge in [-0.3, -0.25) is 13.8 Å². The molecule has 0 aromatic carbocycles. The summed E-state index contributed by atoms with van der Waals surface area (Å²) in [5.74, 6) is -0.489. The molecule has 0 spiro atoms. The Morgan fingerprint density at radius 1 is 0.561 bits per heavy atom. The van der Waals surface area contributed by atoms with Crippen molar-refractivity contribution in [1.82, 2.24) is 0 Å². The Bertz CT molecular complexity index is 1040. The van der Waals surface area contributed by atoms with E-state index in [1.54, 1.807) is 0 Å². The zero-order chi connectivity index (χ0) is 42.0. The predicted molar refractivity (Wildman–Crippen MR) is 226 cm³/mol. The highest BCUT2D eigenvalue weighted by Crippen LogP contribution is 2.47. The molecule has 1 fully saturated rings. The first-order valence-electron chi connectivity index (χ1n) is 22.7. The van der Waals surface area contributed by atoms with Gasteiger partial charge < -0.3 is 39.9 Å². The molecule has 0 amide bonds. The summed E-state index contributed by atoms with van der Waals surface area (Å²) in [5.41, 5.74) is 0. The van der Waals surface area contributed by atoms with E-state index in [9.17, 15) is 39.8 Å². The van der Waals surface area contributed by atoms with E-state index >= 15 is 0 Å². The fourth-order valence-electron chi connectivity index (χ4n) is 6.91. The van der Waals surface area contributed by atoms with E-state index in [-0.39, 0.29) is 13.0 Å². The van der Waals surface area contributed by atoms with Gasteiger partial charge in [0.25, 0.3) is 0 Å². The van der Waals surface area contributed by atoms with Gasteiger partial charge in [0.1, 0.15) is 42.7 Å². The average molecular weight is 835 g/mol. The smallest absolute Gasteiger partial charge is 0.457 e. The molecule has 13 heteroatoms. The van der Waals surface area contributed by atoms with Crippen molar-refractivity contribution in [2.24, 2.45) is 0 Å². The molecule has 0 bridgehead atoms. The first kappa shape index (κ1) is 53.8. The second-order valence-electron chi connectivity index (χ2n) is 15.9. The topological polar surface area (TPSA) is 192 Å². The fourth-order valence-corrected chi connectivity index (χ4v) is 7.89. The number of carbonyl (C=O) groups excluding carboxylic acids is 1. The Labute approximate surface area is 345 Å². The highest BCUT2D eigenvalue weighted by molar-refractivity contribution is 7.47. The van der Waals surface area contributed by atoms with Gasteiger partial charge in [0.05, 0.1) is 13.2 Å². The molecule has 0 aliphatic heterocycles. The summed E-state index contributed by atoms with van der Waals surface area (Å²) < 4.78 is 34.1. The Hall–Kier alpha value is -1.18. The summed E-state index contributed by atoms with van der Waals surface area (Å²) in [4.78, 5) is 23.1. The van der Waals surface area contributed by atoms with Crippen LogP contribution in [0.15, 0.2) is 24.3 Å². The fraction of sp³-hybridized carbons (Fsp3) is 0.886. The van der Waals surface area contributed by atoms with E-state index in [2.05, 4.69) is 38.2 Å². The number of phosphoric ester groups is 1. The molecule has 0 radical (unpaired) electrons. The maximum absolute atomic E-state index is 12.8. The minimum atomic E-state index is -5.02. The highest BCUT2D eigenvalue weighted by atomic mass is 31.2. The van der Waals surface area contributed by atoms with Gasteiger partial charge >= 0.3 is 13.8 Å². The first-order valence-corrected chi connectivity index (χ1v) is 24.2. The molecule has 1 aliphatic rings. The number of esters is 1. The van der Waals surface area contributed by atoms with Crippen molar-refractivity contribution < 1.29 is 58.3 Å². The van der Waals surface area contributed by atoms with Crippen LogP contribution in [0.25, 0.3) is 0 Å². The van der Waals surface area contributed by atoms with Crippen molar-refractivity contribution in [2.45, 2.75) is 230 Å². The lowest BCUT2D eigenvalue weighted by Crippen LogP contribution is -2.64. The van der Waals surface area contributed by atoms with Gasteiger partial charge in [0.15, 0.2) is 0 Å². The number of unbranched alkanes of at least 4 members (excludes halogenated alkanes) is 22. The molecule has 0 aromatic heterocycles. The second-order valence-corrected chi connectivity index (χ2v) is 17.3. The third kappa shape index (κ3) is 28.1. The van der Waals surface area contributed by atoms with Crippen LogP contribution in [0.1, 0.15) is 187 Å². The Balaban J connectivity index is 2.42. The third-order valence-electron chi connectivity index (χ3n) is 10.6. The minimum absolute atomic E-state index is 0.0786. The lowest BCUT2D eigenvalue weighted by molar-refractivity contribution is -0.220. The molecule has 6 atom stereocenters. The lowest BCUT2D eigenvalue weighted by Gasteiger charge is -2.41. The van der Waals surface area contributed by atoms with E-state index < -0.39 is 63.1 Å². The van der Waals surface area contributed by atoms with Crippen molar-refractivity contribution in [3.8, 4) is 0 Å². The normalized spacial score (nSPS) is 23.0. The quantitative estimate of drug-likeness (QED) is 0.0150. The summed E-state index contributed by atoms with van der Waals surface area (Å²) in [5, 5.41) is 50.1. The molecule has 1 rings (SSSR count). The van der Waals surface area contributed by atoms with Crippen LogP contribution in [0.4, 0.5) is 0 Å². The number of carbonyl (C=O) groups is 1. The van der Waals surface area contributed by atoms with Gasteiger partial charge in [0, 0.05) is 13.0 Å². The summed E-state index contributed by atoms with van der Waals surface area (Å²) >= 11 is 0. The van der Waals surface area contributed by atoms with Gasteiger partial charge in [-0.1, -0.05) is 160 Å². The highest BCUT2D eigenvalue weighted by Gasteiger charge is 2.51. The van der Waals surface area contributed by atoms with Crippen molar-refractivity contribution >= 4 is 13.8 Å². The van der Waals surface area contributed by atoms with Crippen LogP contribution in [0.2, 0.25) is 0 Å². The van der Waals surface area contributed by atoms with Crippen LogP contribution in [0, 0.1) is 0 Å². The molecule has 0 aromatic rings. The van der Waals surface area contributed by atoms with E-state index in [0.717, 1.165) is 64.2 Å². The zero-order valence-corrected chi connectivity index (χ0v) is 36.5. The number of ether oxygens (including phenoxy) is 2. The van der Waals surface area contributed by atoms with Crippen molar-refractivity contribution in [3.05, 3.63) is 24.3 Å². The third-order valence-corrected chi connectivity index (χ3v) is 11.6. The van der Waals surface area contributed by atoms with E-state index in [1.807, 2.05) is 0 Å². The standard InChI is InChI=1S/C44H83O12P/c1-3-5-7-9-11-13-15-17-19-20-21-23-25-27-29-31-33-38(45)55-37(35-53-34-32-30-28-26-24-22-18-16-14-12-10-8-6-4-2)36-54-57(51,52)56-44-42(49)40(47)39(46)41(48)43(44)50/h13,15,19-20,37,39-44,46-50H,3-12,14,16-18,21-36H2,1-2H3,(H,51,52)/b15-13-,20-19-. The summed E-state index contributed by atoms with van der Waals surface area (Å²) in [6.45, 7) is 4.23. The van der Waals surface area contributed by atoms with Crippen LogP contribution in [-0.4, -0.2) is 98.9 Å². The number of phosphoric acid groups is 1. The largest absolute Gasteiger partial charge is 0.472 e. The van der Waals surface area contributed by atoms with E-state index in [1.165, 1.54) is 96.3 Å². The summed E-state index contributed by atoms with van der Waals surface area (Å²) in [6, 6.07) is 0. The molecule has 1 saturated carbocycles. The van der Waals surface area contributed by atoms with Gasteiger partial charge in [-0.05, 0) is 44.9 Å². The van der Waals surface area contributed by atoms with Gasteiger partial charge in [-0.2, -0.15) is 0 Å². The van der Waals surface area contributed by atoms with Crippen LogP contribution in [0.3, 0.4) is 0 Å². The Morgan fingerprint density at radius 3 is 1.49 bits per heavy atom. The molecule has 12 nitrogen and oxygen atoms in total. The van der Waals surface area contributed by atoms with E-state index in [0.29, 0.717) is 13.0 Å². The van der Waals surface area contributed by atoms with Crippen LogP contribution in [0.5, 0.6) is 0 Å². The van der Waals surface area contributed by atoms with Gasteiger partial charge in [-0.25, -0.2) is 4.57 Å². The second kappa shape index (κ2) is 35.6. The van der Waals surface area contributed by atoms with Crippen molar-refractivity contribution in [1.29, 1.82) is 0 Å². The summed E-state index contributed by atoms with van der Waals surface area (Å²) in [6.07, 6.45) is 26.7. The maximum Gasteiger partial charge on any atom is 0.472 e. The molecule has 6 unspecified atom stereocenters. The summed E-state index contributed by atoms with van der Waals surface area (Å²) in [7, 11) is -5.02. The Kier molecular flexibility index (Phi) is 33.6. The minimum Gasteiger partial charge on any atom is -0.457 e. The monoisotopic (exact) mass is 835 g/mol. The molecule has 1 aliphatic carbocycles. The molecule has 336 valence electrons. The molecule has 57 heavy (non-hydrogen) atoms. The van der Waals surface area contributed by atoms with Gasteiger partial charge in [0.2, 0.25) is 0 Å². The molecule has 0 saturated heterocycles. The molecule has 6 N–H and O–H groups in total. The van der Waals surface area contributed by atoms with Gasteiger partial charge in [-0.15, -0.1) is 0 Å². The Morgan fingerprint density at radius 2 is 0.982 bits per heavy atom. The van der Waals surface area contributed by atoms with Crippen LogP contribution >= 0.6 is 7.82 Å². The molecular weight excluding hydrogens is 751 g/mol. The maximum atomic E-state index is 12.8. The SMILES string of the molecule is CCCCCC/C=C\C/C=C\CCCCCCCC(=O)OC(COCCCCCCCCCCCCCCCC)COP(=O)(O)OC1C(O)C(O)C(O)C(O)C1O. The van der Waals surface area contributed by atoms with Crippen molar-refractivity contribution in [2.75, 3.05) is 19.8 Å². The zero-order valence-electron chi connectivity index (χ0n) is 35.6. The van der Waals surface area contributed by atoms with Crippen LogP contribution in [-0.2, 0) is 27.9 Å². The molecular formula is C44H83O12P. The lowest BCUT2D eigenvalue weighted by atomic mass is 9.85. The number of hydrogen-bond acceptors (Lipinski definition) is 11. The predicted octanol–water partition coefficient (Wildman–Crippen LogP) is 8.92. The van der Waals surface area contributed by atoms with Crippen LogP contribution < -0.4 is 0 Å². The molecule has 0 heterocycles.